The van der Waals surface area contributed by atoms with Crippen molar-refractivity contribution in [3.63, 3.8) is 0 Å². The lowest BCUT2D eigenvalue weighted by molar-refractivity contribution is 0.660. The van der Waals surface area contributed by atoms with Crippen molar-refractivity contribution in [1.82, 2.24) is 9.55 Å². The second kappa shape index (κ2) is 10.9. The summed E-state index contributed by atoms with van der Waals surface area (Å²) in [4.78, 5) is 5.19. The largest absolute Gasteiger partial charge is 0.292 e. The van der Waals surface area contributed by atoms with E-state index in [0.717, 1.165) is 28.1 Å². The van der Waals surface area contributed by atoms with E-state index < -0.39 is 0 Å². The van der Waals surface area contributed by atoms with E-state index in [-0.39, 0.29) is 5.41 Å². The molecule has 9 aromatic rings. The molecule has 50 heavy (non-hydrogen) atoms. The first-order valence-electron chi connectivity index (χ1n) is 17.4. The molecule has 236 valence electrons. The first-order valence-corrected chi connectivity index (χ1v) is 17.4. The first kappa shape index (κ1) is 28.7. The fourth-order valence-electron chi connectivity index (χ4n) is 8.48. The molecule has 0 radical (unpaired) electrons. The standard InChI is InChI=1S/C48H34N2/c1-48(2)41-24-11-10-19-35(41)36-28-27-32(30-42(36)48)46-39-22-8-6-20-37(39)45(38-21-7-9-23-40(38)46)31-15-14-16-33(29-31)47-49-43-25-12-13-26-44(43)50(47)34-17-4-3-5-18-34/h3-30H,1-2H3. The minimum absolute atomic E-state index is 0.0653. The lowest BCUT2D eigenvalue weighted by Gasteiger charge is -2.23. The van der Waals surface area contributed by atoms with E-state index in [1.807, 2.05) is 0 Å². The summed E-state index contributed by atoms with van der Waals surface area (Å²) in [6.45, 7) is 4.72. The van der Waals surface area contributed by atoms with Crippen molar-refractivity contribution < 1.29 is 0 Å². The van der Waals surface area contributed by atoms with Gasteiger partial charge in [0.1, 0.15) is 5.82 Å². The molecule has 0 spiro atoms. The van der Waals surface area contributed by atoms with Gasteiger partial charge in [-0.2, -0.15) is 0 Å². The van der Waals surface area contributed by atoms with Crippen LogP contribution in [0.5, 0.6) is 0 Å². The van der Waals surface area contributed by atoms with Gasteiger partial charge in [0.2, 0.25) is 0 Å². The van der Waals surface area contributed by atoms with Gasteiger partial charge in [0.15, 0.2) is 0 Å². The van der Waals surface area contributed by atoms with E-state index in [1.54, 1.807) is 0 Å². The van der Waals surface area contributed by atoms with Crippen molar-refractivity contribution in [2.75, 3.05) is 0 Å². The Morgan fingerprint density at radius 1 is 0.440 bits per heavy atom. The number of imidazole rings is 1. The molecule has 1 aliphatic carbocycles. The predicted octanol–water partition coefficient (Wildman–Crippen LogP) is 12.6. The van der Waals surface area contributed by atoms with Crippen molar-refractivity contribution in [3.05, 3.63) is 181 Å². The summed E-state index contributed by atoms with van der Waals surface area (Å²) >= 11 is 0. The van der Waals surface area contributed by atoms with Crippen LogP contribution in [0.4, 0.5) is 0 Å². The number of rotatable bonds is 4. The van der Waals surface area contributed by atoms with Crippen LogP contribution in [0.15, 0.2) is 170 Å². The molecule has 0 N–H and O–H groups in total. The van der Waals surface area contributed by atoms with Gasteiger partial charge in [-0.15, -0.1) is 0 Å². The molecule has 0 amide bonds. The van der Waals surface area contributed by atoms with Crippen LogP contribution in [-0.4, -0.2) is 9.55 Å². The highest BCUT2D eigenvalue weighted by Crippen LogP contribution is 2.51. The maximum Gasteiger partial charge on any atom is 0.145 e. The maximum atomic E-state index is 5.19. The summed E-state index contributed by atoms with van der Waals surface area (Å²) < 4.78 is 2.28. The highest BCUT2D eigenvalue weighted by atomic mass is 15.1. The fourth-order valence-corrected chi connectivity index (χ4v) is 8.48. The molecular formula is C48H34N2. The highest BCUT2D eigenvalue weighted by molar-refractivity contribution is 6.21. The minimum Gasteiger partial charge on any atom is -0.292 e. The lowest BCUT2D eigenvalue weighted by atomic mass is 9.80. The second-order valence-corrected chi connectivity index (χ2v) is 13.9. The van der Waals surface area contributed by atoms with Crippen LogP contribution in [0.2, 0.25) is 0 Å². The molecule has 0 unspecified atom stereocenters. The van der Waals surface area contributed by atoms with E-state index in [0.29, 0.717) is 0 Å². The fraction of sp³-hybridized carbons (Fsp3) is 0.0625. The Hall–Kier alpha value is -6.25. The Labute approximate surface area is 291 Å². The summed E-state index contributed by atoms with van der Waals surface area (Å²) in [5, 5.41) is 5.02. The van der Waals surface area contributed by atoms with Crippen LogP contribution in [0.25, 0.3) is 83.0 Å². The summed E-state index contributed by atoms with van der Waals surface area (Å²) in [5.74, 6) is 0.936. The Morgan fingerprint density at radius 3 is 1.72 bits per heavy atom. The Balaban J connectivity index is 1.20. The van der Waals surface area contributed by atoms with Gasteiger partial charge < -0.3 is 0 Å². The summed E-state index contributed by atoms with van der Waals surface area (Å²) in [5.41, 5.74) is 14.7. The zero-order valence-corrected chi connectivity index (χ0v) is 28.1. The van der Waals surface area contributed by atoms with Crippen LogP contribution >= 0.6 is 0 Å². The molecule has 1 aliphatic rings. The molecule has 1 heterocycles. The van der Waals surface area contributed by atoms with E-state index >= 15 is 0 Å². The third kappa shape index (κ3) is 4.18. The van der Waals surface area contributed by atoms with Crippen LogP contribution < -0.4 is 0 Å². The molecule has 0 saturated carbocycles. The smallest absolute Gasteiger partial charge is 0.145 e. The van der Waals surface area contributed by atoms with Crippen LogP contribution in [0.3, 0.4) is 0 Å². The van der Waals surface area contributed by atoms with Gasteiger partial charge >= 0.3 is 0 Å². The van der Waals surface area contributed by atoms with Crippen molar-refractivity contribution in [2.24, 2.45) is 0 Å². The molecule has 0 saturated heterocycles. The number of para-hydroxylation sites is 3. The van der Waals surface area contributed by atoms with Crippen molar-refractivity contribution in [3.8, 4) is 50.5 Å². The summed E-state index contributed by atoms with van der Waals surface area (Å²) in [7, 11) is 0. The van der Waals surface area contributed by atoms with Gasteiger partial charge in [-0.3, -0.25) is 4.57 Å². The van der Waals surface area contributed by atoms with Crippen LogP contribution in [0, 0.1) is 0 Å². The Morgan fingerprint density at radius 2 is 1.00 bits per heavy atom. The highest BCUT2D eigenvalue weighted by Gasteiger charge is 2.35. The van der Waals surface area contributed by atoms with Gasteiger partial charge in [0.25, 0.3) is 0 Å². The first-order chi connectivity index (χ1) is 24.6. The molecule has 0 aliphatic heterocycles. The molecule has 0 fully saturated rings. The molecule has 2 heteroatoms. The maximum absolute atomic E-state index is 5.19. The molecule has 8 aromatic carbocycles. The topological polar surface area (TPSA) is 17.8 Å². The monoisotopic (exact) mass is 638 g/mol. The molecule has 1 aromatic heterocycles. The van der Waals surface area contributed by atoms with Gasteiger partial charge in [-0.25, -0.2) is 4.98 Å². The van der Waals surface area contributed by atoms with E-state index in [4.69, 9.17) is 4.98 Å². The van der Waals surface area contributed by atoms with E-state index in [2.05, 4.69) is 188 Å². The van der Waals surface area contributed by atoms with Crippen molar-refractivity contribution in [2.45, 2.75) is 19.3 Å². The van der Waals surface area contributed by atoms with Gasteiger partial charge in [-0.05, 0) is 102 Å². The van der Waals surface area contributed by atoms with Crippen LogP contribution in [0.1, 0.15) is 25.0 Å². The summed E-state index contributed by atoms with van der Waals surface area (Å²) in [6.07, 6.45) is 0. The lowest BCUT2D eigenvalue weighted by Crippen LogP contribution is -2.14. The van der Waals surface area contributed by atoms with E-state index in [1.165, 1.54) is 66.1 Å². The number of aromatic nitrogens is 2. The average molecular weight is 639 g/mol. The molecule has 10 rings (SSSR count). The Bertz CT molecular complexity index is 2730. The van der Waals surface area contributed by atoms with Crippen LogP contribution in [-0.2, 0) is 5.41 Å². The second-order valence-electron chi connectivity index (χ2n) is 13.9. The van der Waals surface area contributed by atoms with Gasteiger partial charge in [-0.1, -0.05) is 147 Å². The number of nitrogens with zero attached hydrogens (tertiary/aromatic N) is 2. The normalized spacial score (nSPS) is 13.2. The number of hydrogen-bond donors (Lipinski definition) is 0. The van der Waals surface area contributed by atoms with Gasteiger partial charge in [0, 0.05) is 16.7 Å². The minimum atomic E-state index is -0.0653. The zero-order chi connectivity index (χ0) is 33.4. The molecule has 0 atom stereocenters. The van der Waals surface area contributed by atoms with Crippen molar-refractivity contribution >= 4 is 32.6 Å². The third-order valence-electron chi connectivity index (χ3n) is 10.8. The zero-order valence-electron chi connectivity index (χ0n) is 28.1. The number of fused-ring (bicyclic) bond motifs is 6. The third-order valence-corrected chi connectivity index (χ3v) is 10.8. The van der Waals surface area contributed by atoms with E-state index in [9.17, 15) is 0 Å². The quantitative estimate of drug-likeness (QED) is 0.175. The number of hydrogen-bond acceptors (Lipinski definition) is 1. The van der Waals surface area contributed by atoms with Gasteiger partial charge in [0.05, 0.1) is 11.0 Å². The predicted molar refractivity (Wildman–Crippen MR) is 210 cm³/mol. The molecule has 2 nitrogen and oxygen atoms in total. The average Bonchev–Trinajstić information content (AvgIpc) is 3.67. The summed E-state index contributed by atoms with van der Waals surface area (Å²) in [6, 6.07) is 61.8. The SMILES string of the molecule is CC1(C)c2ccccc2-c2ccc(-c3c4ccccc4c(-c4cccc(-c5nc6ccccc6n5-c5ccccc5)c4)c4ccccc34)cc21. The molecular weight excluding hydrogens is 605 g/mol. The van der Waals surface area contributed by atoms with Crippen molar-refractivity contribution in [1.29, 1.82) is 0 Å². The number of benzene rings is 8. The Kier molecular flexibility index (Phi) is 6.25. The molecule has 0 bridgehead atoms.